The fourth-order valence-corrected chi connectivity index (χ4v) is 11.0. The number of nitrogens with zero attached hydrogens (tertiary/aromatic N) is 6. The Bertz CT molecular complexity index is 2410. The maximum atomic E-state index is 11.6. The Balaban J connectivity index is 0.000000184. The first-order chi connectivity index (χ1) is 29.6. The molecule has 4 aromatic carbocycles. The molecule has 14 heteroatoms. The number of aromatic nitrogens is 2. The maximum absolute atomic E-state index is 11.6. The van der Waals surface area contributed by atoms with Crippen molar-refractivity contribution in [1.82, 2.24) is 19.8 Å². The molecule has 2 fully saturated rings. The zero-order chi connectivity index (χ0) is 42.9. The molecule has 0 atom stereocenters. The van der Waals surface area contributed by atoms with Crippen LogP contribution in [0.4, 0.5) is 10.3 Å². The van der Waals surface area contributed by atoms with E-state index in [1.807, 2.05) is 66.7 Å². The highest BCUT2D eigenvalue weighted by Gasteiger charge is 2.27. The highest BCUT2D eigenvalue weighted by atomic mass is 35.5. The van der Waals surface area contributed by atoms with E-state index in [2.05, 4.69) is 51.6 Å². The van der Waals surface area contributed by atoms with Gasteiger partial charge >= 0.3 is 11.9 Å². The normalized spacial score (nSPS) is 15.1. The molecule has 10 nitrogen and oxygen atoms in total. The van der Waals surface area contributed by atoms with Crippen molar-refractivity contribution in [2.75, 3.05) is 56.2 Å². The summed E-state index contributed by atoms with van der Waals surface area (Å²) >= 11 is 15.7. The number of carboxylic acid groups (broad SMARTS) is 1. The van der Waals surface area contributed by atoms with Gasteiger partial charge in [-0.05, 0) is 97.4 Å². The summed E-state index contributed by atoms with van der Waals surface area (Å²) in [7, 11) is 1.43. The zero-order valence-electron chi connectivity index (χ0n) is 35.1. The van der Waals surface area contributed by atoms with Crippen molar-refractivity contribution >= 4 is 88.5 Å². The molecule has 0 unspecified atom stereocenters. The Morgan fingerprint density at radius 2 is 1.10 bits per heavy atom. The van der Waals surface area contributed by atoms with Gasteiger partial charge < -0.3 is 19.6 Å². The summed E-state index contributed by atoms with van der Waals surface area (Å²) in [6.07, 6.45) is 4.82. The van der Waals surface area contributed by atoms with Crippen LogP contribution in [0.15, 0.2) is 84.9 Å². The van der Waals surface area contributed by atoms with Gasteiger partial charge in [0, 0.05) is 61.4 Å². The van der Waals surface area contributed by atoms with Gasteiger partial charge in [0.1, 0.15) is 0 Å². The number of carbonyl (C=O) groups excluding carboxylic acids is 1. The Morgan fingerprint density at radius 3 is 1.51 bits per heavy atom. The number of anilines is 2. The molecule has 2 saturated heterocycles. The van der Waals surface area contributed by atoms with E-state index in [9.17, 15) is 9.59 Å². The molecule has 2 aliphatic rings. The van der Waals surface area contributed by atoms with Crippen molar-refractivity contribution in [1.29, 1.82) is 0 Å². The monoisotopic (exact) mass is 900 g/mol. The second-order valence-corrected chi connectivity index (χ2v) is 18.6. The summed E-state index contributed by atoms with van der Waals surface area (Å²) in [5.41, 5.74) is 6.33. The van der Waals surface area contributed by atoms with Crippen LogP contribution in [0.5, 0.6) is 0 Å². The van der Waals surface area contributed by atoms with Gasteiger partial charge in [-0.15, -0.1) is 0 Å². The average molecular weight is 902 g/mol. The van der Waals surface area contributed by atoms with Crippen molar-refractivity contribution in [3.05, 3.63) is 117 Å². The molecular weight excluding hydrogens is 848 g/mol. The predicted molar refractivity (Wildman–Crippen MR) is 252 cm³/mol. The number of halogens is 2. The van der Waals surface area contributed by atoms with E-state index >= 15 is 0 Å². The van der Waals surface area contributed by atoms with Crippen LogP contribution in [0.25, 0.3) is 20.4 Å². The molecule has 2 aliphatic heterocycles. The quantitative estimate of drug-likeness (QED) is 0.106. The van der Waals surface area contributed by atoms with Crippen LogP contribution < -0.4 is 9.80 Å². The lowest BCUT2D eigenvalue weighted by atomic mass is 10.0. The number of esters is 1. The molecule has 8 rings (SSSR count). The van der Waals surface area contributed by atoms with E-state index in [1.165, 1.54) is 18.2 Å². The lowest BCUT2D eigenvalue weighted by molar-refractivity contribution is -0.140. The summed E-state index contributed by atoms with van der Waals surface area (Å²) in [5.74, 6) is -0.988. The Kier molecular flexibility index (Phi) is 15.5. The molecule has 0 amide bonds. The van der Waals surface area contributed by atoms with Crippen molar-refractivity contribution in [2.45, 2.75) is 77.5 Å². The van der Waals surface area contributed by atoms with E-state index in [4.69, 9.17) is 43.0 Å². The molecule has 0 aliphatic carbocycles. The van der Waals surface area contributed by atoms with Gasteiger partial charge in [-0.25, -0.2) is 9.97 Å². The third-order valence-corrected chi connectivity index (χ3v) is 14.3. The predicted octanol–water partition coefficient (Wildman–Crippen LogP) is 10.2. The minimum absolute atomic E-state index is 0.0751. The van der Waals surface area contributed by atoms with Crippen LogP contribution in [-0.2, 0) is 40.3 Å². The number of hydrogen-bond donors (Lipinski definition) is 1. The lowest BCUT2D eigenvalue weighted by Gasteiger charge is -2.38. The SMILES string of the molecule is CCN(Cc1cccc(CC(=O)O)c1)C1CCN(c2nc3ccc(Cl)cc3s2)CC1.CCN(Cc1cccc(CC(=O)OC)c1)C1CCN(c2nc3ccc(Cl)cc3s2)CC1. The minimum atomic E-state index is -0.788. The highest BCUT2D eigenvalue weighted by molar-refractivity contribution is 7.22. The van der Waals surface area contributed by atoms with Gasteiger partial charge in [0.2, 0.25) is 0 Å². The molecule has 0 radical (unpaired) electrons. The van der Waals surface area contributed by atoms with E-state index in [0.717, 1.165) is 130 Å². The molecule has 0 saturated carbocycles. The van der Waals surface area contributed by atoms with Crippen molar-refractivity contribution in [2.24, 2.45) is 0 Å². The van der Waals surface area contributed by atoms with Crippen LogP contribution in [0.2, 0.25) is 10.0 Å². The molecule has 4 heterocycles. The number of rotatable bonds is 14. The van der Waals surface area contributed by atoms with Gasteiger partial charge in [-0.1, -0.05) is 108 Å². The van der Waals surface area contributed by atoms with Crippen LogP contribution in [-0.4, -0.2) is 95.3 Å². The number of methoxy groups -OCH3 is 1. The van der Waals surface area contributed by atoms with Crippen molar-refractivity contribution in [3.8, 4) is 0 Å². The first kappa shape index (κ1) is 44.7. The molecule has 1 N–H and O–H groups in total. The highest BCUT2D eigenvalue weighted by Crippen LogP contribution is 2.34. The number of thiazole rings is 2. The van der Waals surface area contributed by atoms with E-state index in [0.29, 0.717) is 18.5 Å². The zero-order valence-corrected chi connectivity index (χ0v) is 38.2. The summed E-state index contributed by atoms with van der Waals surface area (Å²) < 4.78 is 7.08. The third-order valence-electron chi connectivity index (χ3n) is 11.7. The van der Waals surface area contributed by atoms with Gasteiger partial charge in [-0.2, -0.15) is 0 Å². The van der Waals surface area contributed by atoms with Gasteiger partial charge in [0.15, 0.2) is 10.3 Å². The van der Waals surface area contributed by atoms with Crippen LogP contribution in [0, 0.1) is 0 Å². The van der Waals surface area contributed by atoms with Gasteiger partial charge in [0.05, 0.1) is 40.4 Å². The number of carboxylic acids is 1. The fourth-order valence-electron chi connectivity index (χ4n) is 8.44. The average Bonchev–Trinajstić information content (AvgIpc) is 3.89. The number of piperidine rings is 2. The fraction of sp³-hybridized carbons (Fsp3) is 0.404. The summed E-state index contributed by atoms with van der Waals surface area (Å²) in [6, 6.07) is 29.1. The largest absolute Gasteiger partial charge is 0.481 e. The second-order valence-electron chi connectivity index (χ2n) is 15.7. The first-order valence-electron chi connectivity index (χ1n) is 21.1. The number of fused-ring (bicyclic) bond motifs is 2. The summed E-state index contributed by atoms with van der Waals surface area (Å²) in [4.78, 5) is 42.0. The van der Waals surface area contributed by atoms with E-state index < -0.39 is 5.97 Å². The standard InChI is InChI=1S/C24H28ClN3O2S.C23H26ClN3O2S/c1-3-27(16-18-6-4-5-17(13-18)14-23(29)30-2)20-9-11-28(12-10-20)24-26-21-8-7-19(25)15-22(21)31-24;1-2-26(15-17-5-3-4-16(12-17)13-22(28)29)19-8-10-27(11-9-19)23-25-20-7-6-18(24)14-21(20)30-23/h4-8,13,15,20H,3,9-12,14,16H2,1-2H3;3-7,12,14,19H,2,8-11,13,15H2,1H3,(H,28,29). The van der Waals surface area contributed by atoms with Crippen molar-refractivity contribution < 1.29 is 19.4 Å². The van der Waals surface area contributed by atoms with Crippen molar-refractivity contribution in [3.63, 3.8) is 0 Å². The van der Waals surface area contributed by atoms with Crippen LogP contribution >= 0.6 is 45.9 Å². The topological polar surface area (TPSA) is 102 Å². The molecular formula is C47H54Cl2N6O4S2. The van der Waals surface area contributed by atoms with E-state index in [1.54, 1.807) is 22.7 Å². The molecule has 0 spiro atoms. The number of benzene rings is 4. The number of carbonyl (C=O) groups is 2. The Labute approximate surface area is 376 Å². The minimum Gasteiger partial charge on any atom is -0.481 e. The molecule has 0 bridgehead atoms. The third kappa shape index (κ3) is 12.0. The van der Waals surface area contributed by atoms with Crippen LogP contribution in [0.1, 0.15) is 61.8 Å². The summed E-state index contributed by atoms with van der Waals surface area (Å²) in [6.45, 7) is 12.2. The number of ether oxygens (including phenoxy) is 1. The maximum Gasteiger partial charge on any atom is 0.309 e. The Morgan fingerprint density at radius 1 is 0.672 bits per heavy atom. The molecule has 61 heavy (non-hydrogen) atoms. The molecule has 322 valence electrons. The van der Waals surface area contributed by atoms with E-state index in [-0.39, 0.29) is 12.4 Å². The summed E-state index contributed by atoms with van der Waals surface area (Å²) in [5, 5.41) is 12.7. The molecule has 6 aromatic rings. The molecule has 2 aromatic heterocycles. The van der Waals surface area contributed by atoms with Crippen LogP contribution in [0.3, 0.4) is 0 Å². The van der Waals surface area contributed by atoms with Gasteiger partial charge in [0.25, 0.3) is 0 Å². The van der Waals surface area contributed by atoms with Gasteiger partial charge in [-0.3, -0.25) is 19.4 Å². The smallest absolute Gasteiger partial charge is 0.309 e. The number of hydrogen-bond acceptors (Lipinski definition) is 11. The first-order valence-corrected chi connectivity index (χ1v) is 23.5. The Hall–Kier alpha value is -4.30. The second kappa shape index (κ2) is 21.2. The number of aliphatic carboxylic acids is 1. The lowest BCUT2D eigenvalue weighted by Crippen LogP contribution is -2.44.